The minimum absolute atomic E-state index is 0. The van der Waals surface area contributed by atoms with Gasteiger partial charge in [0.1, 0.15) is 0 Å². The first-order valence-electron chi connectivity index (χ1n) is 7.98. The summed E-state index contributed by atoms with van der Waals surface area (Å²) in [7, 11) is 0. The van der Waals surface area contributed by atoms with E-state index in [9.17, 15) is 4.79 Å². The molecule has 0 bridgehead atoms. The molecule has 0 spiro atoms. The molecule has 1 atom stereocenters. The summed E-state index contributed by atoms with van der Waals surface area (Å²) in [6.07, 6.45) is 6.19. The molecule has 0 saturated heterocycles. The van der Waals surface area contributed by atoms with Gasteiger partial charge < -0.3 is 15.8 Å². The van der Waals surface area contributed by atoms with Gasteiger partial charge in [-0.15, -0.1) is 12.4 Å². The highest BCUT2D eigenvalue weighted by atomic mass is 35.5. The van der Waals surface area contributed by atoms with Crippen molar-refractivity contribution in [1.82, 2.24) is 5.32 Å². The van der Waals surface area contributed by atoms with Gasteiger partial charge in [0.15, 0.2) is 0 Å². The van der Waals surface area contributed by atoms with E-state index in [1.165, 1.54) is 37.7 Å². The number of ether oxygens (including phenoxy) is 1. The Labute approximate surface area is 138 Å². The number of hydrogen-bond donors (Lipinski definition) is 2. The van der Waals surface area contributed by atoms with Crippen LogP contribution in [0.5, 0.6) is 0 Å². The molecule has 1 fully saturated rings. The molecule has 0 aromatic heterocycles. The highest BCUT2D eigenvalue weighted by Crippen LogP contribution is 2.26. The average molecular weight is 325 g/mol. The van der Waals surface area contributed by atoms with E-state index < -0.39 is 0 Å². The largest absolute Gasteiger partial charge is 0.372 e. The molecule has 1 saturated carbocycles. The number of carbonyl (C=O) groups is 1. The molecule has 5 heteroatoms. The quantitative estimate of drug-likeness (QED) is 0.895. The number of halogens is 1. The number of fused-ring (bicyclic) bond motifs is 1. The van der Waals surface area contributed by atoms with E-state index >= 15 is 0 Å². The second-order valence-electron chi connectivity index (χ2n) is 6.19. The molecule has 1 unspecified atom stereocenters. The monoisotopic (exact) mass is 324 g/mol. The number of rotatable bonds is 4. The van der Waals surface area contributed by atoms with Crippen LogP contribution in [-0.4, -0.2) is 18.5 Å². The highest BCUT2D eigenvalue weighted by molar-refractivity contribution is 5.94. The molecular formula is C17H25ClN2O2. The zero-order valence-corrected chi connectivity index (χ0v) is 13.7. The Morgan fingerprint density at radius 1 is 1.23 bits per heavy atom. The number of carbonyl (C=O) groups excluding carboxylic acids is 1. The predicted molar refractivity (Wildman–Crippen MR) is 89.1 cm³/mol. The molecule has 1 aliphatic heterocycles. The lowest BCUT2D eigenvalue weighted by Crippen LogP contribution is -2.45. The molecule has 0 radical (unpaired) electrons. The molecule has 1 amide bonds. The molecule has 1 aliphatic carbocycles. The van der Waals surface area contributed by atoms with Gasteiger partial charge in [-0.25, -0.2) is 0 Å². The molecule has 22 heavy (non-hydrogen) atoms. The van der Waals surface area contributed by atoms with Crippen LogP contribution in [0, 0.1) is 5.92 Å². The molecule has 3 N–H and O–H groups in total. The van der Waals surface area contributed by atoms with Crippen molar-refractivity contribution in [2.45, 2.75) is 51.4 Å². The minimum atomic E-state index is -0.00859. The van der Waals surface area contributed by atoms with Crippen LogP contribution in [-0.2, 0) is 18.0 Å². The average Bonchev–Trinajstić information content (AvgIpc) is 3.00. The first kappa shape index (κ1) is 17.3. The van der Waals surface area contributed by atoms with Crippen LogP contribution in [0.1, 0.15) is 53.6 Å². The van der Waals surface area contributed by atoms with Crippen LogP contribution in [0.15, 0.2) is 18.2 Å². The predicted octanol–water partition coefficient (Wildman–Crippen LogP) is 2.78. The molecule has 1 aromatic carbocycles. The first-order chi connectivity index (χ1) is 10.3. The Morgan fingerprint density at radius 2 is 1.95 bits per heavy atom. The summed E-state index contributed by atoms with van der Waals surface area (Å²) < 4.78 is 5.40. The summed E-state index contributed by atoms with van der Waals surface area (Å²) in [5, 5.41) is 3.14. The van der Waals surface area contributed by atoms with Crippen molar-refractivity contribution in [3.8, 4) is 0 Å². The standard InChI is InChI=1S/C17H24N2O2.ClH/c18-9-16(12-4-2-1-3-5-12)19-17(20)13-6-7-14-10-21-11-15(14)8-13;/h6-8,12,16H,1-5,9-11,18H2,(H,19,20);1H. The molecule has 1 heterocycles. The van der Waals surface area contributed by atoms with Crippen molar-refractivity contribution in [2.75, 3.05) is 6.54 Å². The van der Waals surface area contributed by atoms with Crippen molar-refractivity contribution >= 4 is 18.3 Å². The van der Waals surface area contributed by atoms with Gasteiger partial charge in [-0.2, -0.15) is 0 Å². The third-order valence-corrected chi connectivity index (χ3v) is 4.77. The zero-order valence-electron chi connectivity index (χ0n) is 12.8. The Bertz CT molecular complexity index is 515. The van der Waals surface area contributed by atoms with Gasteiger partial charge in [-0.3, -0.25) is 4.79 Å². The summed E-state index contributed by atoms with van der Waals surface area (Å²) in [6, 6.07) is 5.93. The van der Waals surface area contributed by atoms with Gasteiger partial charge in [0, 0.05) is 18.2 Å². The SMILES string of the molecule is Cl.NCC(NC(=O)c1ccc2c(c1)COC2)C1CCCCC1. The van der Waals surface area contributed by atoms with Crippen LogP contribution in [0.3, 0.4) is 0 Å². The van der Waals surface area contributed by atoms with Crippen molar-refractivity contribution in [1.29, 1.82) is 0 Å². The Morgan fingerprint density at radius 3 is 2.68 bits per heavy atom. The van der Waals surface area contributed by atoms with Crippen LogP contribution in [0.25, 0.3) is 0 Å². The third kappa shape index (κ3) is 3.80. The fraction of sp³-hybridized carbons (Fsp3) is 0.588. The van der Waals surface area contributed by atoms with Crippen molar-refractivity contribution < 1.29 is 9.53 Å². The topological polar surface area (TPSA) is 64.3 Å². The Hall–Kier alpha value is -1.10. The summed E-state index contributed by atoms with van der Waals surface area (Å²) in [6.45, 7) is 1.79. The summed E-state index contributed by atoms with van der Waals surface area (Å²) in [5.74, 6) is 0.524. The van der Waals surface area contributed by atoms with Gasteiger partial charge in [0.05, 0.1) is 13.2 Å². The minimum Gasteiger partial charge on any atom is -0.372 e. The molecule has 1 aromatic rings. The molecule has 4 nitrogen and oxygen atoms in total. The number of benzene rings is 1. The van der Waals surface area contributed by atoms with Gasteiger partial charge >= 0.3 is 0 Å². The molecule has 122 valence electrons. The molecule has 3 rings (SSSR count). The summed E-state index contributed by atoms with van der Waals surface area (Å²) in [4.78, 5) is 12.4. The Kier molecular flexibility index (Phi) is 6.24. The number of hydrogen-bond acceptors (Lipinski definition) is 3. The van der Waals surface area contributed by atoms with E-state index in [-0.39, 0.29) is 24.4 Å². The van der Waals surface area contributed by atoms with Crippen molar-refractivity contribution in [2.24, 2.45) is 11.7 Å². The smallest absolute Gasteiger partial charge is 0.251 e. The van der Waals surface area contributed by atoms with Gasteiger partial charge in [-0.05, 0) is 42.0 Å². The lowest BCUT2D eigenvalue weighted by atomic mass is 9.84. The zero-order chi connectivity index (χ0) is 14.7. The fourth-order valence-corrected chi connectivity index (χ4v) is 3.47. The molecule has 2 aliphatic rings. The number of nitrogens with one attached hydrogen (secondary N) is 1. The van der Waals surface area contributed by atoms with Gasteiger partial charge in [0.25, 0.3) is 5.91 Å². The first-order valence-corrected chi connectivity index (χ1v) is 7.98. The van der Waals surface area contributed by atoms with E-state index in [4.69, 9.17) is 10.5 Å². The van der Waals surface area contributed by atoms with Crippen LogP contribution >= 0.6 is 12.4 Å². The summed E-state index contributed by atoms with van der Waals surface area (Å²) >= 11 is 0. The maximum absolute atomic E-state index is 12.4. The van der Waals surface area contributed by atoms with Crippen LogP contribution in [0.4, 0.5) is 0 Å². The second-order valence-corrected chi connectivity index (χ2v) is 6.19. The van der Waals surface area contributed by atoms with Crippen LogP contribution < -0.4 is 11.1 Å². The number of nitrogens with two attached hydrogens (primary N) is 1. The van der Waals surface area contributed by atoms with Gasteiger partial charge in [0.2, 0.25) is 0 Å². The lowest BCUT2D eigenvalue weighted by molar-refractivity contribution is 0.0915. The second kappa shape index (κ2) is 7.95. The summed E-state index contributed by atoms with van der Waals surface area (Å²) in [5.41, 5.74) is 8.92. The van der Waals surface area contributed by atoms with E-state index in [1.807, 2.05) is 18.2 Å². The number of amides is 1. The lowest BCUT2D eigenvalue weighted by Gasteiger charge is -2.30. The van der Waals surface area contributed by atoms with E-state index in [0.29, 0.717) is 31.2 Å². The highest BCUT2D eigenvalue weighted by Gasteiger charge is 2.24. The van der Waals surface area contributed by atoms with Crippen molar-refractivity contribution in [3.05, 3.63) is 34.9 Å². The third-order valence-electron chi connectivity index (χ3n) is 4.77. The molecular weight excluding hydrogens is 300 g/mol. The van der Waals surface area contributed by atoms with Gasteiger partial charge in [-0.1, -0.05) is 25.3 Å². The van der Waals surface area contributed by atoms with Crippen molar-refractivity contribution in [3.63, 3.8) is 0 Å². The van der Waals surface area contributed by atoms with E-state index in [0.717, 1.165) is 5.56 Å². The maximum Gasteiger partial charge on any atom is 0.251 e. The normalized spacial score (nSPS) is 19.1. The Balaban J connectivity index is 0.00000176. The fourth-order valence-electron chi connectivity index (χ4n) is 3.47. The van der Waals surface area contributed by atoms with E-state index in [1.54, 1.807) is 0 Å². The van der Waals surface area contributed by atoms with E-state index in [2.05, 4.69) is 5.32 Å². The maximum atomic E-state index is 12.4. The van der Waals surface area contributed by atoms with Crippen LogP contribution in [0.2, 0.25) is 0 Å².